The zero-order valence-electron chi connectivity index (χ0n) is 9.43. The highest BCUT2D eigenvalue weighted by Gasteiger charge is 2.29. The molecular formula is C13H8Cl2F3N. The van der Waals surface area contributed by atoms with Gasteiger partial charge in [0.15, 0.2) is 0 Å². The first-order valence-corrected chi connectivity index (χ1v) is 6.02. The Morgan fingerprint density at radius 1 is 0.842 bits per heavy atom. The zero-order valence-corrected chi connectivity index (χ0v) is 10.9. The first-order valence-electron chi connectivity index (χ1n) is 5.26. The van der Waals surface area contributed by atoms with Crippen LogP contribution in [0.5, 0.6) is 0 Å². The average molecular weight is 306 g/mol. The van der Waals surface area contributed by atoms with Crippen molar-refractivity contribution >= 4 is 34.6 Å². The summed E-state index contributed by atoms with van der Waals surface area (Å²) in [6, 6.07) is 9.59. The van der Waals surface area contributed by atoms with Crippen LogP contribution >= 0.6 is 23.2 Å². The highest BCUT2D eigenvalue weighted by Crippen LogP contribution is 2.34. The Kier molecular flexibility index (Phi) is 3.92. The number of halogens is 5. The molecule has 0 fully saturated rings. The quantitative estimate of drug-likeness (QED) is 0.744. The normalized spacial score (nSPS) is 11.4. The van der Waals surface area contributed by atoms with E-state index in [0.717, 1.165) is 12.1 Å². The zero-order chi connectivity index (χ0) is 14.0. The molecule has 0 atom stereocenters. The molecule has 0 amide bonds. The lowest BCUT2D eigenvalue weighted by molar-refractivity contribution is -0.137. The van der Waals surface area contributed by atoms with Gasteiger partial charge in [0.25, 0.3) is 0 Å². The van der Waals surface area contributed by atoms with Crippen molar-refractivity contribution in [3.8, 4) is 0 Å². The average Bonchev–Trinajstić information content (AvgIpc) is 2.33. The number of hydrogen-bond acceptors (Lipinski definition) is 1. The number of rotatable bonds is 2. The van der Waals surface area contributed by atoms with Gasteiger partial charge in [0.05, 0.1) is 21.3 Å². The summed E-state index contributed by atoms with van der Waals surface area (Å²) in [5, 5.41) is 3.68. The molecule has 0 spiro atoms. The van der Waals surface area contributed by atoms with Crippen LogP contribution in [-0.2, 0) is 6.18 Å². The molecule has 19 heavy (non-hydrogen) atoms. The summed E-state index contributed by atoms with van der Waals surface area (Å²) < 4.78 is 37.2. The Balaban J connectivity index is 2.25. The molecule has 2 aromatic carbocycles. The minimum atomic E-state index is -4.35. The third-order valence-corrected chi connectivity index (χ3v) is 3.07. The second-order valence-electron chi connectivity index (χ2n) is 3.80. The van der Waals surface area contributed by atoms with Crippen LogP contribution in [0.15, 0.2) is 42.5 Å². The van der Waals surface area contributed by atoms with E-state index < -0.39 is 11.7 Å². The van der Waals surface area contributed by atoms with Crippen molar-refractivity contribution in [2.24, 2.45) is 0 Å². The van der Waals surface area contributed by atoms with Crippen LogP contribution in [0, 0.1) is 0 Å². The minimum Gasteiger partial charge on any atom is -0.353 e. The summed E-state index contributed by atoms with van der Waals surface area (Å²) in [4.78, 5) is 0. The topological polar surface area (TPSA) is 12.0 Å². The number of benzene rings is 2. The fraction of sp³-hybridized carbons (Fsp3) is 0.0769. The van der Waals surface area contributed by atoms with Crippen LogP contribution in [0.2, 0.25) is 10.0 Å². The van der Waals surface area contributed by atoms with Crippen LogP contribution in [0.4, 0.5) is 24.5 Å². The van der Waals surface area contributed by atoms with Gasteiger partial charge in [-0.1, -0.05) is 29.3 Å². The monoisotopic (exact) mass is 305 g/mol. The van der Waals surface area contributed by atoms with Gasteiger partial charge in [-0.05, 0) is 36.4 Å². The number of alkyl halides is 3. The van der Waals surface area contributed by atoms with E-state index >= 15 is 0 Å². The van der Waals surface area contributed by atoms with Gasteiger partial charge in [-0.25, -0.2) is 0 Å². The van der Waals surface area contributed by atoms with Crippen LogP contribution < -0.4 is 5.32 Å². The third-order valence-electron chi connectivity index (χ3n) is 2.44. The lowest BCUT2D eigenvalue weighted by Crippen LogP contribution is -2.04. The van der Waals surface area contributed by atoms with Gasteiger partial charge >= 0.3 is 6.18 Å². The maximum atomic E-state index is 12.4. The van der Waals surface area contributed by atoms with Gasteiger partial charge < -0.3 is 5.32 Å². The third kappa shape index (κ3) is 3.33. The lowest BCUT2D eigenvalue weighted by atomic mass is 10.2. The van der Waals surface area contributed by atoms with Crippen molar-refractivity contribution in [1.29, 1.82) is 0 Å². The summed E-state index contributed by atoms with van der Waals surface area (Å²) in [6.07, 6.45) is -4.35. The van der Waals surface area contributed by atoms with Crippen molar-refractivity contribution in [3.05, 3.63) is 58.1 Å². The highest BCUT2D eigenvalue weighted by atomic mass is 35.5. The van der Waals surface area contributed by atoms with E-state index in [4.69, 9.17) is 23.2 Å². The summed E-state index contributed by atoms with van der Waals surface area (Å²) in [6.45, 7) is 0. The number of nitrogens with one attached hydrogen (secondary N) is 1. The lowest BCUT2D eigenvalue weighted by Gasteiger charge is -2.11. The Bertz CT molecular complexity index is 559. The fourth-order valence-corrected chi connectivity index (χ4v) is 2.00. The van der Waals surface area contributed by atoms with Crippen molar-refractivity contribution in [3.63, 3.8) is 0 Å². The fourth-order valence-electron chi connectivity index (χ4n) is 1.50. The molecule has 0 aliphatic heterocycles. The van der Waals surface area contributed by atoms with Gasteiger partial charge in [0.2, 0.25) is 0 Å². The molecule has 100 valence electrons. The predicted octanol–water partition coefficient (Wildman–Crippen LogP) is 5.76. The molecular weight excluding hydrogens is 298 g/mol. The Labute approximate surface area is 118 Å². The summed E-state index contributed by atoms with van der Waals surface area (Å²) in [5.41, 5.74) is 0.233. The second kappa shape index (κ2) is 5.31. The van der Waals surface area contributed by atoms with Gasteiger partial charge in [0.1, 0.15) is 0 Å². The maximum absolute atomic E-state index is 12.4. The number of para-hydroxylation sites is 1. The first kappa shape index (κ1) is 14.0. The van der Waals surface area contributed by atoms with Gasteiger partial charge in [0, 0.05) is 5.69 Å². The molecule has 6 heteroatoms. The molecule has 0 saturated heterocycles. The summed E-state index contributed by atoms with van der Waals surface area (Å²) in [5.74, 6) is 0. The summed E-state index contributed by atoms with van der Waals surface area (Å²) in [7, 11) is 0. The van der Waals surface area contributed by atoms with E-state index in [2.05, 4.69) is 5.32 Å². The predicted molar refractivity (Wildman–Crippen MR) is 71.2 cm³/mol. The van der Waals surface area contributed by atoms with Crippen LogP contribution in [-0.4, -0.2) is 0 Å². The molecule has 0 aromatic heterocycles. The van der Waals surface area contributed by atoms with Crippen molar-refractivity contribution < 1.29 is 13.2 Å². The smallest absolute Gasteiger partial charge is 0.353 e. The van der Waals surface area contributed by atoms with Gasteiger partial charge in [-0.3, -0.25) is 0 Å². The molecule has 1 N–H and O–H groups in total. The SMILES string of the molecule is FC(F)(F)c1ccc(Nc2c(Cl)cccc2Cl)cc1. The Hall–Kier alpha value is -1.39. The molecule has 0 unspecified atom stereocenters. The van der Waals surface area contributed by atoms with Crippen LogP contribution in [0.3, 0.4) is 0 Å². The molecule has 0 aliphatic carbocycles. The standard InChI is InChI=1S/C13H8Cl2F3N/c14-10-2-1-3-11(15)12(10)19-9-6-4-8(5-7-9)13(16,17)18/h1-7,19H. The van der Waals surface area contributed by atoms with Crippen molar-refractivity contribution in [2.45, 2.75) is 6.18 Å². The molecule has 0 saturated carbocycles. The van der Waals surface area contributed by atoms with E-state index in [-0.39, 0.29) is 0 Å². The van der Waals surface area contributed by atoms with Gasteiger partial charge in [-0.2, -0.15) is 13.2 Å². The molecule has 2 rings (SSSR count). The molecule has 2 aromatic rings. The van der Waals surface area contributed by atoms with E-state index in [0.29, 0.717) is 21.4 Å². The molecule has 0 aliphatic rings. The second-order valence-corrected chi connectivity index (χ2v) is 4.61. The van der Waals surface area contributed by atoms with Crippen LogP contribution in [0.1, 0.15) is 5.56 Å². The van der Waals surface area contributed by atoms with E-state index in [9.17, 15) is 13.2 Å². The van der Waals surface area contributed by atoms with E-state index in [1.807, 2.05) is 0 Å². The number of anilines is 2. The minimum absolute atomic E-state index is 0.396. The first-order chi connectivity index (χ1) is 8.88. The molecule has 0 radical (unpaired) electrons. The van der Waals surface area contributed by atoms with Gasteiger partial charge in [-0.15, -0.1) is 0 Å². The Morgan fingerprint density at radius 2 is 1.37 bits per heavy atom. The summed E-state index contributed by atoms with van der Waals surface area (Å²) >= 11 is 11.9. The van der Waals surface area contributed by atoms with Crippen LogP contribution in [0.25, 0.3) is 0 Å². The molecule has 0 bridgehead atoms. The maximum Gasteiger partial charge on any atom is 0.416 e. The largest absolute Gasteiger partial charge is 0.416 e. The Morgan fingerprint density at radius 3 is 1.84 bits per heavy atom. The van der Waals surface area contributed by atoms with E-state index in [1.54, 1.807) is 18.2 Å². The molecule has 0 heterocycles. The van der Waals surface area contributed by atoms with E-state index in [1.165, 1.54) is 12.1 Å². The highest BCUT2D eigenvalue weighted by molar-refractivity contribution is 6.39. The molecule has 1 nitrogen and oxygen atoms in total. The van der Waals surface area contributed by atoms with Crippen molar-refractivity contribution in [2.75, 3.05) is 5.32 Å². The van der Waals surface area contributed by atoms with Crippen molar-refractivity contribution in [1.82, 2.24) is 0 Å². The number of hydrogen-bond donors (Lipinski definition) is 1.